The van der Waals surface area contributed by atoms with E-state index in [1.165, 1.54) is 0 Å². The molecule has 0 fully saturated rings. The van der Waals surface area contributed by atoms with E-state index < -0.39 is 0 Å². The van der Waals surface area contributed by atoms with E-state index in [2.05, 4.69) is 16.9 Å². The molecule has 0 aliphatic carbocycles. The van der Waals surface area contributed by atoms with Crippen molar-refractivity contribution in [1.82, 2.24) is 9.97 Å². The fourth-order valence-electron chi connectivity index (χ4n) is 0.648. The van der Waals surface area contributed by atoms with Crippen molar-refractivity contribution in [1.29, 1.82) is 0 Å². The number of nitrogens with zero attached hydrogens (tertiary/aromatic N) is 1. The molecule has 0 saturated heterocycles. The van der Waals surface area contributed by atoms with Crippen LogP contribution in [0.3, 0.4) is 0 Å². The number of aldehydes is 1. The van der Waals surface area contributed by atoms with Crippen LogP contribution in [0, 0.1) is 0 Å². The Morgan fingerprint density at radius 3 is 3.18 bits per heavy atom. The van der Waals surface area contributed by atoms with Crippen LogP contribution in [-0.4, -0.2) is 22.0 Å². The lowest BCUT2D eigenvalue weighted by atomic mass is 10.6. The number of carbonyl (C=O) groups excluding carboxylic acids is 1. The number of carbonyl (C=O) groups is 1. The van der Waals surface area contributed by atoms with Crippen LogP contribution in [0.25, 0.3) is 0 Å². The van der Waals surface area contributed by atoms with Gasteiger partial charge in [-0.05, 0) is 6.42 Å². The molecule has 1 heterocycles. The van der Waals surface area contributed by atoms with Crippen LogP contribution in [0.5, 0.6) is 0 Å². The summed E-state index contributed by atoms with van der Waals surface area (Å²) in [7, 11) is 0. The van der Waals surface area contributed by atoms with Gasteiger partial charge in [0.25, 0.3) is 0 Å². The first-order valence-electron chi connectivity index (χ1n) is 3.49. The topological polar surface area (TPSA) is 45.8 Å². The Labute approximate surface area is 69.6 Å². The summed E-state index contributed by atoms with van der Waals surface area (Å²) in [5.74, 6) is 1.03. The quantitative estimate of drug-likeness (QED) is 0.553. The van der Waals surface area contributed by atoms with E-state index in [4.69, 9.17) is 0 Å². The van der Waals surface area contributed by atoms with E-state index >= 15 is 0 Å². The van der Waals surface area contributed by atoms with Crippen LogP contribution >= 0.6 is 11.8 Å². The van der Waals surface area contributed by atoms with Gasteiger partial charge in [-0.1, -0.05) is 18.7 Å². The Hall–Kier alpha value is -0.770. The van der Waals surface area contributed by atoms with Gasteiger partial charge in [0.2, 0.25) is 0 Å². The van der Waals surface area contributed by atoms with E-state index in [1.54, 1.807) is 18.0 Å². The minimum atomic E-state index is 0.545. The van der Waals surface area contributed by atoms with Crippen molar-refractivity contribution in [2.75, 3.05) is 5.75 Å². The van der Waals surface area contributed by atoms with Crippen LogP contribution in [-0.2, 0) is 0 Å². The Kier molecular flexibility index (Phi) is 3.16. The zero-order valence-corrected chi connectivity index (χ0v) is 7.15. The van der Waals surface area contributed by atoms with Crippen molar-refractivity contribution < 1.29 is 4.79 Å². The second-order valence-electron chi connectivity index (χ2n) is 2.11. The minimum absolute atomic E-state index is 0.545. The first kappa shape index (κ1) is 8.33. The number of thioether (sulfide) groups is 1. The lowest BCUT2D eigenvalue weighted by Crippen LogP contribution is -1.79. The number of hydrogen-bond donors (Lipinski definition) is 1. The summed E-state index contributed by atoms with van der Waals surface area (Å²) in [5.41, 5.74) is 0.545. The summed E-state index contributed by atoms with van der Waals surface area (Å²) in [5, 5.41) is 0.828. The van der Waals surface area contributed by atoms with Gasteiger partial charge in [0.15, 0.2) is 11.4 Å². The summed E-state index contributed by atoms with van der Waals surface area (Å²) in [6.07, 6.45) is 3.43. The number of nitrogens with one attached hydrogen (secondary N) is 1. The molecule has 1 rings (SSSR count). The lowest BCUT2D eigenvalue weighted by Gasteiger charge is -1.90. The zero-order valence-electron chi connectivity index (χ0n) is 6.33. The first-order valence-corrected chi connectivity index (χ1v) is 4.48. The SMILES string of the molecule is CCCSc1ncc(C=O)[nH]1. The molecule has 0 radical (unpaired) electrons. The highest BCUT2D eigenvalue weighted by Gasteiger charge is 1.97. The number of H-pyrrole nitrogens is 1. The number of aromatic amines is 1. The second-order valence-corrected chi connectivity index (χ2v) is 3.19. The van der Waals surface area contributed by atoms with Crippen molar-refractivity contribution in [3.05, 3.63) is 11.9 Å². The monoisotopic (exact) mass is 170 g/mol. The summed E-state index contributed by atoms with van der Waals surface area (Å²) in [4.78, 5) is 17.1. The van der Waals surface area contributed by atoms with Crippen molar-refractivity contribution >= 4 is 18.0 Å². The minimum Gasteiger partial charge on any atom is -0.331 e. The van der Waals surface area contributed by atoms with Crippen molar-refractivity contribution in [2.24, 2.45) is 0 Å². The summed E-state index contributed by atoms with van der Waals surface area (Å²) in [6.45, 7) is 2.11. The highest BCUT2D eigenvalue weighted by atomic mass is 32.2. The maximum atomic E-state index is 10.2. The van der Waals surface area contributed by atoms with Crippen LogP contribution in [0.4, 0.5) is 0 Å². The van der Waals surface area contributed by atoms with Crippen LogP contribution in [0.15, 0.2) is 11.4 Å². The molecule has 0 atom stereocenters. The Bertz CT molecular complexity index is 234. The Balaban J connectivity index is 2.51. The number of imidazole rings is 1. The predicted octanol–water partition coefficient (Wildman–Crippen LogP) is 1.72. The maximum Gasteiger partial charge on any atom is 0.167 e. The molecule has 1 N–H and O–H groups in total. The molecule has 0 unspecified atom stereocenters. The van der Waals surface area contributed by atoms with Gasteiger partial charge in [-0.2, -0.15) is 0 Å². The van der Waals surface area contributed by atoms with Crippen molar-refractivity contribution in [2.45, 2.75) is 18.5 Å². The smallest absolute Gasteiger partial charge is 0.167 e. The molecule has 1 aromatic rings. The molecule has 1 aromatic heterocycles. The highest BCUT2D eigenvalue weighted by Crippen LogP contribution is 2.13. The van der Waals surface area contributed by atoms with Crippen molar-refractivity contribution in [3.63, 3.8) is 0 Å². The molecule has 0 spiro atoms. The van der Waals surface area contributed by atoms with Crippen LogP contribution in [0.2, 0.25) is 0 Å². The van der Waals surface area contributed by atoms with E-state index in [1.807, 2.05) is 0 Å². The third-order valence-electron chi connectivity index (χ3n) is 1.14. The third-order valence-corrected chi connectivity index (χ3v) is 2.24. The van der Waals surface area contributed by atoms with E-state index in [0.29, 0.717) is 5.69 Å². The molecular weight excluding hydrogens is 160 g/mol. The van der Waals surface area contributed by atoms with Crippen LogP contribution in [0.1, 0.15) is 23.8 Å². The third kappa shape index (κ3) is 2.38. The number of hydrogen-bond acceptors (Lipinski definition) is 3. The average molecular weight is 170 g/mol. The van der Waals surface area contributed by atoms with Gasteiger partial charge in [0.1, 0.15) is 0 Å². The summed E-state index contributed by atoms with van der Waals surface area (Å²) in [6, 6.07) is 0. The number of rotatable bonds is 4. The molecule has 0 aliphatic rings. The van der Waals surface area contributed by atoms with Gasteiger partial charge in [-0.15, -0.1) is 0 Å². The summed E-state index contributed by atoms with van der Waals surface area (Å²) >= 11 is 1.63. The van der Waals surface area contributed by atoms with E-state index in [9.17, 15) is 4.79 Å². The fourth-order valence-corrected chi connectivity index (χ4v) is 1.36. The molecule has 0 amide bonds. The Morgan fingerprint density at radius 2 is 2.64 bits per heavy atom. The molecular formula is C7H10N2OS. The largest absolute Gasteiger partial charge is 0.331 e. The van der Waals surface area contributed by atoms with Gasteiger partial charge in [-0.3, -0.25) is 4.79 Å². The van der Waals surface area contributed by atoms with Crippen molar-refractivity contribution in [3.8, 4) is 0 Å². The molecule has 4 heteroatoms. The molecule has 0 bridgehead atoms. The first-order chi connectivity index (χ1) is 5.36. The average Bonchev–Trinajstić information content (AvgIpc) is 2.48. The van der Waals surface area contributed by atoms with E-state index in [-0.39, 0.29) is 0 Å². The second kappa shape index (κ2) is 4.18. The fraction of sp³-hybridized carbons (Fsp3) is 0.429. The van der Waals surface area contributed by atoms with Gasteiger partial charge < -0.3 is 4.98 Å². The highest BCUT2D eigenvalue weighted by molar-refractivity contribution is 7.99. The van der Waals surface area contributed by atoms with Crippen LogP contribution < -0.4 is 0 Å². The maximum absolute atomic E-state index is 10.2. The summed E-state index contributed by atoms with van der Waals surface area (Å²) < 4.78 is 0. The molecule has 60 valence electrons. The predicted molar refractivity (Wildman–Crippen MR) is 45.0 cm³/mol. The van der Waals surface area contributed by atoms with Gasteiger partial charge in [0.05, 0.1) is 11.9 Å². The molecule has 0 aliphatic heterocycles. The normalized spacial score (nSPS) is 9.91. The zero-order chi connectivity index (χ0) is 8.10. The molecule has 0 aromatic carbocycles. The number of aromatic nitrogens is 2. The van der Waals surface area contributed by atoms with Gasteiger partial charge in [0, 0.05) is 5.75 Å². The van der Waals surface area contributed by atoms with E-state index in [0.717, 1.165) is 23.6 Å². The Morgan fingerprint density at radius 1 is 1.82 bits per heavy atom. The van der Waals surface area contributed by atoms with Gasteiger partial charge >= 0.3 is 0 Å². The standard InChI is InChI=1S/C7H10N2OS/c1-2-3-11-7-8-4-6(5-10)9-7/h4-5H,2-3H2,1H3,(H,8,9). The van der Waals surface area contributed by atoms with Gasteiger partial charge in [-0.25, -0.2) is 4.98 Å². The molecule has 0 saturated carbocycles. The lowest BCUT2D eigenvalue weighted by molar-refractivity contribution is 0.111. The molecule has 11 heavy (non-hydrogen) atoms. The molecule has 3 nitrogen and oxygen atoms in total.